The topological polar surface area (TPSA) is 18.5 Å². The minimum atomic E-state index is -1.12. The van der Waals surface area contributed by atoms with E-state index in [-0.39, 0.29) is 0 Å². The quantitative estimate of drug-likeness (QED) is 0.509. The first-order chi connectivity index (χ1) is 5.76. The highest BCUT2D eigenvalue weighted by atomic mass is 32.1. The minimum absolute atomic E-state index is 0.305. The van der Waals surface area contributed by atoms with Gasteiger partial charge >= 0.3 is 9.28 Å². The van der Waals surface area contributed by atoms with Gasteiger partial charge in [-0.25, -0.2) is 0 Å². The second-order valence-corrected chi connectivity index (χ2v) is 5.51. The van der Waals surface area contributed by atoms with Crippen molar-refractivity contribution in [2.45, 2.75) is 38.5 Å². The molecule has 0 N–H and O–H groups in total. The zero-order valence-electron chi connectivity index (χ0n) is 8.17. The van der Waals surface area contributed by atoms with Crippen LogP contribution in [-0.4, -0.2) is 27.4 Å². The third-order valence-corrected chi connectivity index (χ3v) is 4.28. The molecular formula is C8H19O2SSi. The third kappa shape index (κ3) is 5.19. The molecule has 1 atom stereocenters. The molecule has 0 amide bonds. The molecule has 0 aromatic heterocycles. The van der Waals surface area contributed by atoms with Gasteiger partial charge in [0.05, 0.1) is 0 Å². The molecule has 0 fully saturated rings. The molecule has 1 unspecified atom stereocenters. The van der Waals surface area contributed by atoms with Gasteiger partial charge in [0.25, 0.3) is 0 Å². The highest BCUT2D eigenvalue weighted by molar-refractivity contribution is 7.82. The van der Waals surface area contributed by atoms with Gasteiger partial charge < -0.3 is 8.85 Å². The van der Waals surface area contributed by atoms with E-state index in [0.717, 1.165) is 26.1 Å². The molecule has 73 valence electrons. The van der Waals surface area contributed by atoms with Crippen LogP contribution in [0.4, 0.5) is 0 Å². The number of hydrogen-bond acceptors (Lipinski definition) is 3. The van der Waals surface area contributed by atoms with Crippen molar-refractivity contribution in [3.05, 3.63) is 0 Å². The molecule has 0 aromatic carbocycles. The molecule has 0 aliphatic heterocycles. The number of hydrogen-bond donors (Lipinski definition) is 1. The van der Waals surface area contributed by atoms with Gasteiger partial charge in [0.15, 0.2) is 0 Å². The van der Waals surface area contributed by atoms with Gasteiger partial charge in [0.1, 0.15) is 0 Å². The molecule has 0 saturated heterocycles. The molecule has 0 heterocycles. The summed E-state index contributed by atoms with van der Waals surface area (Å²) < 4.78 is 11.0. The van der Waals surface area contributed by atoms with Crippen LogP contribution in [0.5, 0.6) is 0 Å². The van der Waals surface area contributed by atoms with Crippen molar-refractivity contribution in [3.63, 3.8) is 0 Å². The first-order valence-electron chi connectivity index (χ1n) is 4.56. The van der Waals surface area contributed by atoms with Crippen LogP contribution in [-0.2, 0) is 8.85 Å². The van der Waals surface area contributed by atoms with E-state index in [0.29, 0.717) is 4.87 Å². The highest BCUT2D eigenvalue weighted by Gasteiger charge is 2.23. The van der Waals surface area contributed by atoms with E-state index in [1.165, 1.54) is 0 Å². The van der Waals surface area contributed by atoms with Gasteiger partial charge in [-0.1, -0.05) is 13.3 Å². The van der Waals surface area contributed by atoms with Crippen LogP contribution in [0.1, 0.15) is 33.6 Å². The standard InChI is InChI=1S/C8H19O2SSi/c1-4-7-8(11)12(9-5-2)10-6-3/h8,11H,4-7H2,1-3H3. The summed E-state index contributed by atoms with van der Waals surface area (Å²) >= 11 is 4.47. The smallest absolute Gasteiger partial charge is 0.393 e. The highest BCUT2D eigenvalue weighted by Crippen LogP contribution is 2.10. The molecule has 0 aliphatic carbocycles. The normalized spacial score (nSPS) is 13.8. The number of rotatable bonds is 7. The molecular weight excluding hydrogens is 188 g/mol. The molecule has 0 rings (SSSR count). The average molecular weight is 207 g/mol. The molecule has 0 saturated carbocycles. The summed E-state index contributed by atoms with van der Waals surface area (Å²) in [6.07, 6.45) is 2.22. The van der Waals surface area contributed by atoms with Gasteiger partial charge in [-0.3, -0.25) is 0 Å². The monoisotopic (exact) mass is 207 g/mol. The zero-order valence-corrected chi connectivity index (χ0v) is 10.1. The molecule has 0 aliphatic rings. The van der Waals surface area contributed by atoms with Crippen molar-refractivity contribution in [2.75, 3.05) is 13.2 Å². The lowest BCUT2D eigenvalue weighted by Gasteiger charge is -2.18. The van der Waals surface area contributed by atoms with Gasteiger partial charge in [0.2, 0.25) is 0 Å². The minimum Gasteiger partial charge on any atom is -0.393 e. The Morgan fingerprint density at radius 2 is 1.67 bits per heavy atom. The molecule has 0 spiro atoms. The van der Waals surface area contributed by atoms with E-state index in [9.17, 15) is 0 Å². The van der Waals surface area contributed by atoms with Crippen molar-refractivity contribution in [2.24, 2.45) is 0 Å². The van der Waals surface area contributed by atoms with Gasteiger partial charge in [-0.15, -0.1) is 0 Å². The van der Waals surface area contributed by atoms with Crippen LogP contribution in [0.3, 0.4) is 0 Å². The van der Waals surface area contributed by atoms with Crippen LogP contribution in [0.15, 0.2) is 0 Å². The summed E-state index contributed by atoms with van der Waals surface area (Å²) in [5.41, 5.74) is 0. The summed E-state index contributed by atoms with van der Waals surface area (Å²) in [6.45, 7) is 7.61. The zero-order chi connectivity index (χ0) is 9.40. The average Bonchev–Trinajstić information content (AvgIpc) is 2.04. The maximum Gasteiger partial charge on any atom is 0.398 e. The summed E-state index contributed by atoms with van der Waals surface area (Å²) in [5, 5.41) is 0. The largest absolute Gasteiger partial charge is 0.398 e. The molecule has 0 bridgehead atoms. The lowest BCUT2D eigenvalue weighted by molar-refractivity contribution is 0.211. The van der Waals surface area contributed by atoms with Crippen LogP contribution in [0.25, 0.3) is 0 Å². The SMILES string of the molecule is CCCC(S)[Si](OCC)OCC. The Bertz CT molecular complexity index is 97.1. The van der Waals surface area contributed by atoms with Crippen molar-refractivity contribution >= 4 is 21.9 Å². The van der Waals surface area contributed by atoms with Gasteiger partial charge in [-0.05, 0) is 20.3 Å². The fourth-order valence-corrected chi connectivity index (χ4v) is 3.18. The molecule has 12 heavy (non-hydrogen) atoms. The van der Waals surface area contributed by atoms with E-state index in [4.69, 9.17) is 8.85 Å². The molecule has 4 heteroatoms. The molecule has 1 radical (unpaired) electrons. The van der Waals surface area contributed by atoms with Gasteiger partial charge in [-0.2, -0.15) is 12.6 Å². The van der Waals surface area contributed by atoms with E-state index in [1.807, 2.05) is 13.8 Å². The summed E-state index contributed by atoms with van der Waals surface area (Å²) in [6, 6.07) is 0. The first-order valence-corrected chi connectivity index (χ1v) is 6.47. The lowest BCUT2D eigenvalue weighted by Crippen LogP contribution is -2.34. The van der Waals surface area contributed by atoms with Crippen LogP contribution >= 0.6 is 12.6 Å². The van der Waals surface area contributed by atoms with Crippen LogP contribution in [0.2, 0.25) is 0 Å². The second kappa shape index (κ2) is 8.10. The summed E-state index contributed by atoms with van der Waals surface area (Å²) in [4.78, 5) is 0.305. The predicted octanol–water partition coefficient (Wildman–Crippen LogP) is 2.19. The fourth-order valence-electron chi connectivity index (χ4n) is 0.910. The van der Waals surface area contributed by atoms with Crippen molar-refractivity contribution in [1.82, 2.24) is 0 Å². The van der Waals surface area contributed by atoms with E-state index in [2.05, 4.69) is 19.6 Å². The van der Waals surface area contributed by atoms with Crippen molar-refractivity contribution in [1.29, 1.82) is 0 Å². The van der Waals surface area contributed by atoms with Crippen molar-refractivity contribution in [3.8, 4) is 0 Å². The Balaban J connectivity index is 3.72. The van der Waals surface area contributed by atoms with E-state index in [1.54, 1.807) is 0 Å². The predicted molar refractivity (Wildman–Crippen MR) is 56.7 cm³/mol. The maximum atomic E-state index is 5.50. The summed E-state index contributed by atoms with van der Waals surface area (Å²) in [7, 11) is -1.12. The second-order valence-electron chi connectivity index (χ2n) is 2.49. The Kier molecular flexibility index (Phi) is 8.43. The van der Waals surface area contributed by atoms with E-state index >= 15 is 0 Å². The Morgan fingerprint density at radius 3 is 2.00 bits per heavy atom. The van der Waals surface area contributed by atoms with Gasteiger partial charge in [0, 0.05) is 18.1 Å². The fraction of sp³-hybridized carbons (Fsp3) is 1.00. The van der Waals surface area contributed by atoms with Crippen LogP contribution in [0, 0.1) is 0 Å². The molecule has 2 nitrogen and oxygen atoms in total. The van der Waals surface area contributed by atoms with Crippen LogP contribution < -0.4 is 0 Å². The number of thiol groups is 1. The van der Waals surface area contributed by atoms with E-state index < -0.39 is 9.28 Å². The Labute approximate surface area is 82.9 Å². The Hall–Kier alpha value is 0.487. The lowest BCUT2D eigenvalue weighted by atomic mass is 10.4. The summed E-state index contributed by atoms with van der Waals surface area (Å²) in [5.74, 6) is 0. The maximum absolute atomic E-state index is 5.50. The van der Waals surface area contributed by atoms with Crippen molar-refractivity contribution < 1.29 is 8.85 Å². The Morgan fingerprint density at radius 1 is 1.17 bits per heavy atom. The molecule has 0 aromatic rings. The third-order valence-electron chi connectivity index (χ3n) is 1.41. The first kappa shape index (κ1) is 12.5.